The van der Waals surface area contributed by atoms with Crippen molar-refractivity contribution in [1.29, 1.82) is 0 Å². The largest absolute Gasteiger partial charge is 0.325 e. The number of aromatic nitrogens is 2. The van der Waals surface area contributed by atoms with E-state index in [9.17, 15) is 9.59 Å². The van der Waals surface area contributed by atoms with E-state index >= 15 is 0 Å². The molecule has 0 aliphatic carbocycles. The molecule has 6 heteroatoms. The van der Waals surface area contributed by atoms with Gasteiger partial charge in [0.15, 0.2) is 0 Å². The minimum Gasteiger partial charge on any atom is -0.325 e. The molecule has 3 rings (SSSR count). The van der Waals surface area contributed by atoms with Gasteiger partial charge in [-0.05, 0) is 50.4 Å². The number of piperidine rings is 1. The molecule has 0 bridgehead atoms. The minimum absolute atomic E-state index is 0.00803. The van der Waals surface area contributed by atoms with Crippen molar-refractivity contribution < 1.29 is 4.79 Å². The maximum atomic E-state index is 12.4. The van der Waals surface area contributed by atoms with Crippen molar-refractivity contribution in [1.82, 2.24) is 14.9 Å². The first-order chi connectivity index (χ1) is 10.5. The Labute approximate surface area is 128 Å². The number of carbonyl (C=O) groups excluding carboxylic acids is 1. The maximum absolute atomic E-state index is 12.4. The fourth-order valence-corrected chi connectivity index (χ4v) is 3.10. The normalized spacial score (nSPS) is 20.9. The standard InChI is InChI=1S/C16H22N4O2/c1-10-4-3-7-20(9-10)11(2)15(21)17-12-5-6-13-14(8-12)19-16(22)18-13/h5-6,8,10-11H,3-4,7,9H2,1-2H3,(H,17,21)(H2,18,19,22). The second-order valence-electron chi connectivity index (χ2n) is 6.25. The molecule has 1 amide bonds. The Morgan fingerprint density at radius 1 is 1.36 bits per heavy atom. The fraction of sp³-hybridized carbons (Fsp3) is 0.500. The van der Waals surface area contributed by atoms with Gasteiger partial charge in [0.2, 0.25) is 5.91 Å². The van der Waals surface area contributed by atoms with Gasteiger partial charge >= 0.3 is 5.69 Å². The summed E-state index contributed by atoms with van der Waals surface area (Å²) in [5.41, 5.74) is 1.89. The number of nitrogens with zero attached hydrogens (tertiary/aromatic N) is 1. The number of hydrogen-bond donors (Lipinski definition) is 3. The van der Waals surface area contributed by atoms with Crippen molar-refractivity contribution >= 4 is 22.6 Å². The third-order valence-corrected chi connectivity index (χ3v) is 4.40. The number of rotatable bonds is 3. The number of anilines is 1. The van der Waals surface area contributed by atoms with Crippen LogP contribution in [-0.2, 0) is 4.79 Å². The van der Waals surface area contributed by atoms with Gasteiger partial charge in [0.05, 0.1) is 17.1 Å². The first kappa shape index (κ1) is 14.8. The lowest BCUT2D eigenvalue weighted by atomic mass is 9.99. The maximum Gasteiger partial charge on any atom is 0.323 e. The minimum atomic E-state index is -0.242. The van der Waals surface area contributed by atoms with E-state index in [-0.39, 0.29) is 17.6 Å². The summed E-state index contributed by atoms with van der Waals surface area (Å²) in [5, 5.41) is 2.94. The molecular weight excluding hydrogens is 280 g/mol. The van der Waals surface area contributed by atoms with Gasteiger partial charge in [-0.2, -0.15) is 0 Å². The Morgan fingerprint density at radius 2 is 2.14 bits per heavy atom. The summed E-state index contributed by atoms with van der Waals surface area (Å²) in [5.74, 6) is 0.636. The summed E-state index contributed by atoms with van der Waals surface area (Å²) < 4.78 is 0. The van der Waals surface area contributed by atoms with Crippen LogP contribution in [0.2, 0.25) is 0 Å². The Hall–Kier alpha value is -2.08. The zero-order valence-electron chi connectivity index (χ0n) is 13.0. The Bertz CT molecular complexity index is 733. The summed E-state index contributed by atoms with van der Waals surface area (Å²) in [6.07, 6.45) is 2.39. The van der Waals surface area contributed by atoms with E-state index in [0.29, 0.717) is 17.1 Å². The second-order valence-corrected chi connectivity index (χ2v) is 6.25. The van der Waals surface area contributed by atoms with Crippen LogP contribution < -0.4 is 11.0 Å². The van der Waals surface area contributed by atoms with Crippen molar-refractivity contribution in [3.05, 3.63) is 28.7 Å². The van der Waals surface area contributed by atoms with Gasteiger partial charge in [0.25, 0.3) is 0 Å². The molecule has 1 fully saturated rings. The van der Waals surface area contributed by atoms with Crippen LogP contribution in [0.15, 0.2) is 23.0 Å². The quantitative estimate of drug-likeness (QED) is 0.810. The molecule has 0 spiro atoms. The number of imidazole rings is 1. The van der Waals surface area contributed by atoms with E-state index in [0.717, 1.165) is 25.0 Å². The van der Waals surface area contributed by atoms with Crippen LogP contribution in [-0.4, -0.2) is 39.9 Å². The molecule has 1 saturated heterocycles. The molecule has 1 aromatic carbocycles. The monoisotopic (exact) mass is 302 g/mol. The topological polar surface area (TPSA) is 81.0 Å². The molecule has 118 valence electrons. The SMILES string of the molecule is CC1CCCN(C(C)C(=O)Nc2ccc3[nH]c(=O)[nH]c3c2)C1. The van der Waals surface area contributed by atoms with Gasteiger partial charge in [0, 0.05) is 12.2 Å². The molecule has 1 aliphatic heterocycles. The fourth-order valence-electron chi connectivity index (χ4n) is 3.10. The highest BCUT2D eigenvalue weighted by molar-refractivity contribution is 5.96. The van der Waals surface area contributed by atoms with E-state index < -0.39 is 0 Å². The highest BCUT2D eigenvalue weighted by atomic mass is 16.2. The molecule has 2 aromatic rings. The highest BCUT2D eigenvalue weighted by Crippen LogP contribution is 2.19. The van der Waals surface area contributed by atoms with E-state index in [1.54, 1.807) is 18.2 Å². The molecule has 2 unspecified atom stereocenters. The number of H-pyrrole nitrogens is 2. The first-order valence-electron chi connectivity index (χ1n) is 7.80. The van der Waals surface area contributed by atoms with Crippen molar-refractivity contribution in [2.75, 3.05) is 18.4 Å². The molecule has 2 heterocycles. The second kappa shape index (κ2) is 5.96. The Balaban J connectivity index is 1.70. The number of nitrogens with one attached hydrogen (secondary N) is 3. The van der Waals surface area contributed by atoms with Crippen LogP contribution in [0.1, 0.15) is 26.7 Å². The third kappa shape index (κ3) is 3.06. The van der Waals surface area contributed by atoms with E-state index in [1.165, 1.54) is 6.42 Å². The highest BCUT2D eigenvalue weighted by Gasteiger charge is 2.25. The number of fused-ring (bicyclic) bond motifs is 1. The van der Waals surface area contributed by atoms with Gasteiger partial charge in [-0.3, -0.25) is 9.69 Å². The number of amides is 1. The predicted molar refractivity (Wildman–Crippen MR) is 87.0 cm³/mol. The van der Waals surface area contributed by atoms with Crippen LogP contribution in [0.4, 0.5) is 5.69 Å². The summed E-state index contributed by atoms with van der Waals surface area (Å²) >= 11 is 0. The third-order valence-electron chi connectivity index (χ3n) is 4.40. The van der Waals surface area contributed by atoms with Crippen LogP contribution in [0, 0.1) is 5.92 Å². The number of carbonyl (C=O) groups is 1. The number of hydrogen-bond acceptors (Lipinski definition) is 3. The van der Waals surface area contributed by atoms with E-state index in [4.69, 9.17) is 0 Å². The van der Waals surface area contributed by atoms with Gasteiger partial charge < -0.3 is 15.3 Å². The number of benzene rings is 1. The van der Waals surface area contributed by atoms with Crippen LogP contribution in [0.25, 0.3) is 11.0 Å². The zero-order chi connectivity index (χ0) is 15.7. The predicted octanol–water partition coefficient (Wildman–Crippen LogP) is 1.92. The van der Waals surface area contributed by atoms with Crippen molar-refractivity contribution in [2.24, 2.45) is 5.92 Å². The Kier molecular flexibility index (Phi) is 4.02. The molecule has 22 heavy (non-hydrogen) atoms. The molecule has 1 aliphatic rings. The van der Waals surface area contributed by atoms with Gasteiger partial charge in [-0.1, -0.05) is 6.92 Å². The van der Waals surface area contributed by atoms with Gasteiger partial charge in [-0.15, -0.1) is 0 Å². The van der Waals surface area contributed by atoms with Gasteiger partial charge in [-0.25, -0.2) is 4.79 Å². The zero-order valence-corrected chi connectivity index (χ0v) is 13.0. The van der Waals surface area contributed by atoms with Gasteiger partial charge in [0.1, 0.15) is 0 Å². The molecule has 0 saturated carbocycles. The van der Waals surface area contributed by atoms with Crippen LogP contribution in [0.3, 0.4) is 0 Å². The van der Waals surface area contributed by atoms with Crippen LogP contribution >= 0.6 is 0 Å². The average molecular weight is 302 g/mol. The lowest BCUT2D eigenvalue weighted by Gasteiger charge is -2.34. The summed E-state index contributed by atoms with van der Waals surface area (Å²) in [4.78, 5) is 31.3. The molecule has 3 N–H and O–H groups in total. The summed E-state index contributed by atoms with van der Waals surface area (Å²) in [6.45, 7) is 6.12. The average Bonchev–Trinajstić information content (AvgIpc) is 2.85. The van der Waals surface area contributed by atoms with Crippen LogP contribution in [0.5, 0.6) is 0 Å². The lowest BCUT2D eigenvalue weighted by Crippen LogP contribution is -2.46. The number of likely N-dealkylation sites (tertiary alicyclic amines) is 1. The molecule has 6 nitrogen and oxygen atoms in total. The summed E-state index contributed by atoms with van der Waals surface area (Å²) in [6, 6.07) is 5.21. The van der Waals surface area contributed by atoms with E-state index in [2.05, 4.69) is 27.1 Å². The molecular formula is C16H22N4O2. The van der Waals surface area contributed by atoms with Crippen molar-refractivity contribution in [3.8, 4) is 0 Å². The van der Waals surface area contributed by atoms with E-state index in [1.807, 2.05) is 6.92 Å². The number of aromatic amines is 2. The summed E-state index contributed by atoms with van der Waals surface area (Å²) in [7, 11) is 0. The van der Waals surface area contributed by atoms with Crippen molar-refractivity contribution in [2.45, 2.75) is 32.7 Å². The van der Waals surface area contributed by atoms with Crippen molar-refractivity contribution in [3.63, 3.8) is 0 Å². The molecule has 1 aromatic heterocycles. The lowest BCUT2D eigenvalue weighted by molar-refractivity contribution is -0.121. The Morgan fingerprint density at radius 3 is 2.91 bits per heavy atom. The first-order valence-corrected chi connectivity index (χ1v) is 7.80. The molecule has 0 radical (unpaired) electrons. The smallest absolute Gasteiger partial charge is 0.323 e. The molecule has 2 atom stereocenters.